The van der Waals surface area contributed by atoms with Crippen molar-refractivity contribution in [2.75, 3.05) is 40.6 Å². The maximum atomic E-state index is 13.2. The Balaban J connectivity index is 2.08. The molecule has 160 valence electrons. The number of rotatable bonds is 10. The van der Waals surface area contributed by atoms with Crippen molar-refractivity contribution in [3.63, 3.8) is 0 Å². The maximum absolute atomic E-state index is 13.2. The second-order valence-corrected chi connectivity index (χ2v) is 7.36. The Kier molecular flexibility index (Phi) is 7.09. The summed E-state index contributed by atoms with van der Waals surface area (Å²) in [6, 6.07) is 7.56. The third-order valence-corrected chi connectivity index (χ3v) is 5.61. The molecule has 1 aliphatic heterocycles. The predicted molar refractivity (Wildman–Crippen MR) is 110 cm³/mol. The number of ether oxygens (including phenoxy) is 3. The molecule has 8 nitrogen and oxygen atoms in total. The van der Waals surface area contributed by atoms with E-state index in [1.54, 1.807) is 35.7 Å². The smallest absolute Gasteiger partial charge is 0.290 e. The topological polar surface area (TPSA) is 106 Å². The molecular weight excluding hydrogens is 410 g/mol. The minimum Gasteiger partial charge on any atom is -0.503 e. The Hall–Kier alpha value is -2.88. The van der Waals surface area contributed by atoms with Crippen molar-refractivity contribution >= 4 is 23.0 Å². The number of carbonyl (C=O) groups excluding carboxylic acids is 2. The largest absolute Gasteiger partial charge is 0.503 e. The van der Waals surface area contributed by atoms with Crippen molar-refractivity contribution in [2.24, 2.45) is 0 Å². The van der Waals surface area contributed by atoms with E-state index in [0.717, 1.165) is 0 Å². The van der Waals surface area contributed by atoms with E-state index in [9.17, 15) is 14.7 Å². The molecule has 0 unspecified atom stereocenters. The van der Waals surface area contributed by atoms with Crippen molar-refractivity contribution < 1.29 is 34.0 Å². The standard InChI is InChI=1S/C21H23NO7S/c1-27-13-5-6-15(28-2)14(12-13)18-17(19(24)16-4-3-11-30-16)20(25)21(26)22(18)7-9-29-10-8-23/h3-6,11-12,18,23,25H,7-10H2,1-2H3/t18-/m0/s1. The molecule has 30 heavy (non-hydrogen) atoms. The number of hydrogen-bond donors (Lipinski definition) is 2. The van der Waals surface area contributed by atoms with Crippen LogP contribution in [0.2, 0.25) is 0 Å². The SMILES string of the molecule is COc1ccc(OC)c([C@H]2C(C(=O)c3cccs3)=C(O)C(=O)N2CCOCCO)c1. The molecule has 9 heteroatoms. The van der Waals surface area contributed by atoms with Gasteiger partial charge in [-0.15, -0.1) is 11.3 Å². The summed E-state index contributed by atoms with van der Waals surface area (Å²) in [5.41, 5.74) is 0.493. The zero-order valence-corrected chi connectivity index (χ0v) is 17.5. The van der Waals surface area contributed by atoms with Crippen LogP contribution in [0.25, 0.3) is 0 Å². The van der Waals surface area contributed by atoms with E-state index in [1.807, 2.05) is 0 Å². The molecule has 1 atom stereocenters. The molecule has 0 spiro atoms. The lowest BCUT2D eigenvalue weighted by Gasteiger charge is -2.28. The Morgan fingerprint density at radius 2 is 2.00 bits per heavy atom. The van der Waals surface area contributed by atoms with Gasteiger partial charge in [0.15, 0.2) is 5.76 Å². The maximum Gasteiger partial charge on any atom is 0.290 e. The number of methoxy groups -OCH3 is 2. The number of amides is 1. The summed E-state index contributed by atoms with van der Waals surface area (Å²) >= 11 is 1.23. The number of thiophene rings is 1. The van der Waals surface area contributed by atoms with Gasteiger partial charge in [0.25, 0.3) is 5.91 Å². The lowest BCUT2D eigenvalue weighted by atomic mass is 9.94. The Morgan fingerprint density at radius 3 is 2.63 bits per heavy atom. The summed E-state index contributed by atoms with van der Waals surface area (Å²) in [7, 11) is 3.00. The molecule has 0 saturated carbocycles. The monoisotopic (exact) mass is 433 g/mol. The second-order valence-electron chi connectivity index (χ2n) is 6.41. The number of aliphatic hydroxyl groups is 2. The minimum absolute atomic E-state index is 0.0174. The zero-order chi connectivity index (χ0) is 21.7. The van der Waals surface area contributed by atoms with Crippen LogP contribution in [-0.4, -0.2) is 67.4 Å². The fourth-order valence-corrected chi connectivity index (χ4v) is 4.04. The lowest BCUT2D eigenvalue weighted by molar-refractivity contribution is -0.130. The van der Waals surface area contributed by atoms with Crippen LogP contribution in [0.4, 0.5) is 0 Å². The van der Waals surface area contributed by atoms with E-state index in [0.29, 0.717) is 21.9 Å². The first kappa shape index (κ1) is 21.8. The molecule has 2 heterocycles. The van der Waals surface area contributed by atoms with Crippen molar-refractivity contribution in [1.29, 1.82) is 0 Å². The molecule has 1 aliphatic rings. The molecule has 0 aliphatic carbocycles. The van der Waals surface area contributed by atoms with Crippen molar-refractivity contribution in [1.82, 2.24) is 4.90 Å². The van der Waals surface area contributed by atoms with Crippen LogP contribution in [0.1, 0.15) is 21.3 Å². The summed E-state index contributed by atoms with van der Waals surface area (Å²) in [5.74, 6) is -0.725. The minimum atomic E-state index is -0.880. The number of Topliss-reactive ketones (excluding diaryl/α,β-unsaturated/α-hetero) is 1. The Morgan fingerprint density at radius 1 is 1.20 bits per heavy atom. The summed E-state index contributed by atoms with van der Waals surface area (Å²) in [6.07, 6.45) is 0. The van der Waals surface area contributed by atoms with Crippen LogP contribution in [-0.2, 0) is 9.53 Å². The Bertz CT molecular complexity index is 939. The quantitative estimate of drug-likeness (QED) is 0.438. The molecule has 1 aromatic carbocycles. The zero-order valence-electron chi connectivity index (χ0n) is 16.7. The van der Waals surface area contributed by atoms with Crippen molar-refractivity contribution in [3.8, 4) is 11.5 Å². The molecule has 0 bridgehead atoms. The summed E-state index contributed by atoms with van der Waals surface area (Å²) in [5, 5.41) is 21.3. The van der Waals surface area contributed by atoms with Gasteiger partial charge in [0.2, 0.25) is 5.78 Å². The van der Waals surface area contributed by atoms with Crippen LogP contribution in [0, 0.1) is 0 Å². The van der Waals surface area contributed by atoms with Crippen molar-refractivity contribution in [3.05, 3.63) is 57.5 Å². The average molecular weight is 433 g/mol. The third kappa shape index (κ3) is 4.18. The van der Waals surface area contributed by atoms with Gasteiger partial charge in [-0.2, -0.15) is 0 Å². The van der Waals surface area contributed by atoms with Gasteiger partial charge < -0.3 is 29.3 Å². The fraction of sp³-hybridized carbons (Fsp3) is 0.333. The molecule has 2 aromatic rings. The molecule has 1 aromatic heterocycles. The van der Waals surface area contributed by atoms with Gasteiger partial charge in [-0.25, -0.2) is 0 Å². The number of carbonyl (C=O) groups is 2. The Labute approximate surface area is 177 Å². The van der Waals surface area contributed by atoms with E-state index < -0.39 is 23.5 Å². The number of hydrogen-bond acceptors (Lipinski definition) is 8. The first-order valence-electron chi connectivity index (χ1n) is 9.26. The highest BCUT2D eigenvalue weighted by Gasteiger charge is 2.45. The molecule has 0 radical (unpaired) electrons. The van der Waals surface area contributed by atoms with Gasteiger partial charge in [-0.3, -0.25) is 9.59 Å². The van der Waals surface area contributed by atoms with Gasteiger partial charge in [-0.1, -0.05) is 6.07 Å². The molecule has 2 N–H and O–H groups in total. The van der Waals surface area contributed by atoms with Crippen LogP contribution in [0.5, 0.6) is 11.5 Å². The fourth-order valence-electron chi connectivity index (χ4n) is 3.36. The number of aliphatic hydroxyl groups excluding tert-OH is 2. The predicted octanol–water partition coefficient (Wildman–Crippen LogP) is 2.35. The van der Waals surface area contributed by atoms with Gasteiger partial charge in [-0.05, 0) is 29.6 Å². The van der Waals surface area contributed by atoms with Crippen LogP contribution in [0.3, 0.4) is 0 Å². The summed E-state index contributed by atoms with van der Waals surface area (Å²) < 4.78 is 16.1. The first-order valence-corrected chi connectivity index (χ1v) is 10.1. The highest BCUT2D eigenvalue weighted by atomic mass is 32.1. The van der Waals surface area contributed by atoms with Gasteiger partial charge in [0.05, 0.1) is 50.5 Å². The van der Waals surface area contributed by atoms with Crippen molar-refractivity contribution in [2.45, 2.75) is 6.04 Å². The molecule has 0 fully saturated rings. The van der Waals surface area contributed by atoms with E-state index in [2.05, 4.69) is 0 Å². The lowest BCUT2D eigenvalue weighted by Crippen LogP contribution is -2.34. The van der Waals surface area contributed by atoms with Crippen LogP contribution in [0.15, 0.2) is 47.0 Å². The molecular formula is C21H23NO7S. The van der Waals surface area contributed by atoms with Crippen LogP contribution >= 0.6 is 11.3 Å². The first-order chi connectivity index (χ1) is 14.5. The number of nitrogens with zero attached hydrogens (tertiary/aromatic N) is 1. The summed E-state index contributed by atoms with van der Waals surface area (Å²) in [4.78, 5) is 27.9. The highest BCUT2D eigenvalue weighted by molar-refractivity contribution is 7.12. The van der Waals surface area contributed by atoms with Gasteiger partial charge in [0, 0.05) is 12.1 Å². The van der Waals surface area contributed by atoms with Gasteiger partial charge >= 0.3 is 0 Å². The molecule has 0 saturated heterocycles. The number of ketones is 1. The van der Waals surface area contributed by atoms with E-state index in [-0.39, 0.29) is 31.9 Å². The molecule has 3 rings (SSSR count). The normalized spacial score (nSPS) is 16.3. The second kappa shape index (κ2) is 9.75. The van der Waals surface area contributed by atoms with Crippen LogP contribution < -0.4 is 9.47 Å². The highest BCUT2D eigenvalue weighted by Crippen LogP contribution is 2.43. The number of benzene rings is 1. The molecule has 1 amide bonds. The van der Waals surface area contributed by atoms with E-state index >= 15 is 0 Å². The van der Waals surface area contributed by atoms with E-state index in [1.165, 1.54) is 30.5 Å². The van der Waals surface area contributed by atoms with E-state index in [4.69, 9.17) is 19.3 Å². The third-order valence-electron chi connectivity index (χ3n) is 4.74. The summed E-state index contributed by atoms with van der Waals surface area (Å²) in [6.45, 7) is 0.209. The van der Waals surface area contributed by atoms with Gasteiger partial charge in [0.1, 0.15) is 11.5 Å². The average Bonchev–Trinajstić information content (AvgIpc) is 3.38.